The number of nitrogens with one attached hydrogen (secondary N) is 1. The normalized spacial score (nSPS) is 26.7. The quantitative estimate of drug-likeness (QED) is 0.905. The first-order valence-corrected chi connectivity index (χ1v) is 7.07. The Bertz CT molecular complexity index is 478. The zero-order chi connectivity index (χ0) is 13.8. The molecule has 0 bridgehead atoms. The van der Waals surface area contributed by atoms with E-state index in [1.807, 2.05) is 6.92 Å². The maximum absolute atomic E-state index is 8.80. The smallest absolute Gasteiger partial charge is 0.223 e. The third-order valence-electron chi connectivity index (χ3n) is 4.34. The van der Waals surface area contributed by atoms with Crippen LogP contribution in [0.3, 0.4) is 0 Å². The third-order valence-corrected chi connectivity index (χ3v) is 4.34. The van der Waals surface area contributed by atoms with Gasteiger partial charge in [0.2, 0.25) is 5.95 Å². The highest BCUT2D eigenvalue weighted by molar-refractivity contribution is 5.31. The maximum atomic E-state index is 8.80. The summed E-state index contributed by atoms with van der Waals surface area (Å²) in [4.78, 5) is 8.81. The molecule has 3 unspecified atom stereocenters. The molecule has 1 aromatic heterocycles. The van der Waals surface area contributed by atoms with Crippen LogP contribution >= 0.6 is 0 Å². The summed E-state index contributed by atoms with van der Waals surface area (Å²) < 4.78 is 0. The van der Waals surface area contributed by atoms with E-state index in [-0.39, 0.29) is 0 Å². The first-order chi connectivity index (χ1) is 9.11. The Labute approximate surface area is 115 Å². The lowest BCUT2D eigenvalue weighted by Gasteiger charge is -2.34. The average molecular weight is 258 g/mol. The minimum atomic E-state index is 0.347. The van der Waals surface area contributed by atoms with Crippen LogP contribution in [0.15, 0.2) is 6.20 Å². The Balaban J connectivity index is 2.10. The molecule has 0 saturated heterocycles. The molecule has 1 heterocycles. The van der Waals surface area contributed by atoms with Gasteiger partial charge >= 0.3 is 0 Å². The van der Waals surface area contributed by atoms with E-state index in [4.69, 9.17) is 5.26 Å². The van der Waals surface area contributed by atoms with Crippen molar-refractivity contribution in [3.63, 3.8) is 0 Å². The fourth-order valence-electron chi connectivity index (χ4n) is 2.75. The van der Waals surface area contributed by atoms with Crippen LogP contribution in [0.25, 0.3) is 0 Å². The molecule has 1 saturated carbocycles. The van der Waals surface area contributed by atoms with Gasteiger partial charge in [0, 0.05) is 12.2 Å². The zero-order valence-electron chi connectivity index (χ0n) is 12.0. The summed E-state index contributed by atoms with van der Waals surface area (Å²) in [5, 5.41) is 12.3. The van der Waals surface area contributed by atoms with Gasteiger partial charge in [-0.25, -0.2) is 9.97 Å². The van der Waals surface area contributed by atoms with E-state index in [0.717, 1.165) is 17.2 Å². The van der Waals surface area contributed by atoms with Gasteiger partial charge in [0.1, 0.15) is 0 Å². The highest BCUT2D eigenvalue weighted by atomic mass is 15.1. The van der Waals surface area contributed by atoms with Crippen molar-refractivity contribution >= 4 is 5.95 Å². The second kappa shape index (κ2) is 6.01. The summed E-state index contributed by atoms with van der Waals surface area (Å²) in [5.41, 5.74) is 1.81. The van der Waals surface area contributed by atoms with Crippen LogP contribution in [-0.2, 0) is 6.42 Å². The summed E-state index contributed by atoms with van der Waals surface area (Å²) in [6.45, 7) is 6.56. The lowest BCUT2D eigenvalue weighted by Crippen LogP contribution is -2.35. The monoisotopic (exact) mass is 258 g/mol. The van der Waals surface area contributed by atoms with Gasteiger partial charge in [-0.2, -0.15) is 5.26 Å². The van der Waals surface area contributed by atoms with Crippen LogP contribution in [0.4, 0.5) is 5.95 Å². The van der Waals surface area contributed by atoms with Gasteiger partial charge in [-0.15, -0.1) is 0 Å². The maximum Gasteiger partial charge on any atom is 0.223 e. The Morgan fingerprint density at radius 3 is 2.95 bits per heavy atom. The van der Waals surface area contributed by atoms with Crippen LogP contribution in [-0.4, -0.2) is 16.0 Å². The average Bonchev–Trinajstić information content (AvgIpc) is 2.39. The molecule has 1 N–H and O–H groups in total. The molecule has 1 aromatic rings. The Morgan fingerprint density at radius 2 is 2.21 bits per heavy atom. The van der Waals surface area contributed by atoms with Gasteiger partial charge in [0.05, 0.1) is 18.2 Å². The number of aryl methyl sites for hydroxylation is 1. The lowest BCUT2D eigenvalue weighted by molar-refractivity contribution is 0.252. The van der Waals surface area contributed by atoms with E-state index in [2.05, 4.69) is 35.2 Å². The molecule has 19 heavy (non-hydrogen) atoms. The largest absolute Gasteiger partial charge is 0.351 e. The minimum absolute atomic E-state index is 0.347. The van der Waals surface area contributed by atoms with Crippen LogP contribution < -0.4 is 5.32 Å². The molecule has 0 aromatic carbocycles. The van der Waals surface area contributed by atoms with Crippen molar-refractivity contribution in [2.75, 3.05) is 5.32 Å². The van der Waals surface area contributed by atoms with Crippen molar-refractivity contribution in [1.29, 1.82) is 5.26 Å². The number of hydrogen-bond donors (Lipinski definition) is 1. The Hall–Kier alpha value is -1.63. The summed E-state index contributed by atoms with van der Waals surface area (Å²) in [6, 6.07) is 2.60. The van der Waals surface area contributed by atoms with Crippen molar-refractivity contribution in [2.45, 2.75) is 52.5 Å². The molecule has 0 radical (unpaired) electrons. The van der Waals surface area contributed by atoms with Gasteiger partial charge in [-0.3, -0.25) is 0 Å². The van der Waals surface area contributed by atoms with Crippen molar-refractivity contribution < 1.29 is 0 Å². The predicted molar refractivity (Wildman–Crippen MR) is 75.7 cm³/mol. The molecule has 4 heteroatoms. The number of hydrogen-bond acceptors (Lipinski definition) is 4. The summed E-state index contributed by atoms with van der Waals surface area (Å²) in [6.07, 6.45) is 5.91. The second-order valence-electron chi connectivity index (χ2n) is 5.68. The van der Waals surface area contributed by atoms with Crippen molar-refractivity contribution in [3.8, 4) is 6.07 Å². The highest BCUT2D eigenvalue weighted by Gasteiger charge is 2.27. The standard InChI is InChI=1S/C15H22N4/c1-10-5-4-6-14(12(10)3)19-15-17-9-11(2)13(18-15)7-8-16/h9-10,12,14H,4-7H2,1-3H3,(H,17,18,19). The van der Waals surface area contributed by atoms with Gasteiger partial charge in [-0.1, -0.05) is 26.7 Å². The van der Waals surface area contributed by atoms with Crippen LogP contribution in [0.2, 0.25) is 0 Å². The van der Waals surface area contributed by atoms with E-state index in [1.54, 1.807) is 6.20 Å². The number of aromatic nitrogens is 2. The fourth-order valence-corrected chi connectivity index (χ4v) is 2.75. The van der Waals surface area contributed by atoms with Crippen LogP contribution in [0.5, 0.6) is 0 Å². The topological polar surface area (TPSA) is 61.6 Å². The lowest BCUT2D eigenvalue weighted by atomic mass is 9.78. The molecule has 102 valence electrons. The van der Waals surface area contributed by atoms with Crippen molar-refractivity contribution in [3.05, 3.63) is 17.5 Å². The van der Waals surface area contributed by atoms with Gasteiger partial charge in [-0.05, 0) is 30.7 Å². The molecule has 0 amide bonds. The molecule has 0 aliphatic heterocycles. The third kappa shape index (κ3) is 3.23. The Kier molecular flexibility index (Phi) is 4.36. The van der Waals surface area contributed by atoms with E-state index in [1.165, 1.54) is 19.3 Å². The predicted octanol–water partition coefficient (Wildman–Crippen LogP) is 3.09. The molecule has 1 aliphatic carbocycles. The van der Waals surface area contributed by atoms with E-state index in [0.29, 0.717) is 24.3 Å². The molecule has 4 nitrogen and oxygen atoms in total. The Morgan fingerprint density at radius 1 is 1.42 bits per heavy atom. The van der Waals surface area contributed by atoms with Gasteiger partial charge in [0.15, 0.2) is 0 Å². The number of nitriles is 1. The van der Waals surface area contributed by atoms with Crippen LogP contribution in [0, 0.1) is 30.1 Å². The molecule has 3 atom stereocenters. The van der Waals surface area contributed by atoms with Gasteiger partial charge in [0.25, 0.3) is 0 Å². The van der Waals surface area contributed by atoms with Gasteiger partial charge < -0.3 is 5.32 Å². The van der Waals surface area contributed by atoms with E-state index >= 15 is 0 Å². The molecule has 1 fully saturated rings. The SMILES string of the molecule is Cc1cnc(NC2CCCC(C)C2C)nc1CC#N. The molecule has 0 spiro atoms. The summed E-state index contributed by atoms with van der Waals surface area (Å²) in [5.74, 6) is 2.05. The number of nitrogens with zero attached hydrogens (tertiary/aromatic N) is 3. The van der Waals surface area contributed by atoms with Crippen molar-refractivity contribution in [1.82, 2.24) is 9.97 Å². The minimum Gasteiger partial charge on any atom is -0.351 e. The highest BCUT2D eigenvalue weighted by Crippen LogP contribution is 2.31. The molecule has 2 rings (SSSR count). The second-order valence-corrected chi connectivity index (χ2v) is 5.68. The summed E-state index contributed by atoms with van der Waals surface area (Å²) >= 11 is 0. The summed E-state index contributed by atoms with van der Waals surface area (Å²) in [7, 11) is 0. The first kappa shape index (κ1) is 13.8. The van der Waals surface area contributed by atoms with E-state index < -0.39 is 0 Å². The molecule has 1 aliphatic rings. The van der Waals surface area contributed by atoms with Crippen molar-refractivity contribution in [2.24, 2.45) is 11.8 Å². The first-order valence-electron chi connectivity index (χ1n) is 7.07. The zero-order valence-corrected chi connectivity index (χ0v) is 12.0. The molecular formula is C15H22N4. The molecular weight excluding hydrogens is 236 g/mol. The fraction of sp³-hybridized carbons (Fsp3) is 0.667. The van der Waals surface area contributed by atoms with E-state index in [9.17, 15) is 0 Å². The van der Waals surface area contributed by atoms with Crippen LogP contribution in [0.1, 0.15) is 44.4 Å². The number of rotatable bonds is 3. The number of anilines is 1.